The molecule has 0 amide bonds. The van der Waals surface area contributed by atoms with E-state index in [0.717, 1.165) is 6.07 Å². The van der Waals surface area contributed by atoms with Gasteiger partial charge in [0.2, 0.25) is 6.79 Å². The average Bonchev–Trinajstić information content (AvgIpc) is 3.29. The van der Waals surface area contributed by atoms with Gasteiger partial charge in [0.25, 0.3) is 11.3 Å². The maximum absolute atomic E-state index is 13.4. The normalized spacial score (nSPS) is 14.1. The van der Waals surface area contributed by atoms with Crippen LogP contribution in [0.1, 0.15) is 11.3 Å². The Morgan fingerprint density at radius 3 is 2.55 bits per heavy atom. The number of alkyl halides is 3. The van der Waals surface area contributed by atoms with Gasteiger partial charge in [-0.2, -0.15) is 22.5 Å². The quantitative estimate of drug-likeness (QED) is 0.691. The van der Waals surface area contributed by atoms with Gasteiger partial charge < -0.3 is 13.7 Å². The van der Waals surface area contributed by atoms with Crippen molar-refractivity contribution in [2.75, 3.05) is 6.79 Å². The van der Waals surface area contributed by atoms with Crippen LogP contribution in [0.3, 0.4) is 0 Å². The molecule has 2 heterocycles. The number of rotatable bonds is 4. The lowest BCUT2D eigenvalue weighted by atomic mass is 10.0. The van der Waals surface area contributed by atoms with Crippen LogP contribution in [0.5, 0.6) is 17.2 Å². The molecule has 2 N–H and O–H groups in total. The SMILES string of the molecule is Cc1c(-c2cc(C(F)(F)F)nn2-c2ccc(OS(N)=O)cc2)ccc2c1OCO2. The smallest absolute Gasteiger partial charge is 0.435 e. The first kappa shape index (κ1) is 19.3. The van der Waals surface area contributed by atoms with Crippen LogP contribution < -0.4 is 18.8 Å². The second-order valence-electron chi connectivity index (χ2n) is 6.13. The van der Waals surface area contributed by atoms with Crippen molar-refractivity contribution in [3.8, 4) is 34.2 Å². The van der Waals surface area contributed by atoms with Gasteiger partial charge in [-0.15, -0.1) is 0 Å². The second-order valence-corrected chi connectivity index (χ2v) is 6.82. The zero-order chi connectivity index (χ0) is 20.8. The molecule has 2 aromatic carbocycles. The standard InChI is InChI=1S/C18H14F3N3O4S/c1-10-13(6-7-15-17(10)27-9-26-15)14-8-16(18(19,20)21)23-24(14)11-2-4-12(5-3-11)28-29(22)25/h2-8H,9,22H2,1H3. The number of fused-ring (bicyclic) bond motifs is 1. The molecule has 0 radical (unpaired) electrons. The van der Waals surface area contributed by atoms with Crippen molar-refractivity contribution in [1.29, 1.82) is 0 Å². The highest BCUT2D eigenvalue weighted by Crippen LogP contribution is 2.42. The van der Waals surface area contributed by atoms with Crippen LogP contribution in [0.4, 0.5) is 13.2 Å². The Morgan fingerprint density at radius 2 is 1.90 bits per heavy atom. The monoisotopic (exact) mass is 425 g/mol. The van der Waals surface area contributed by atoms with E-state index < -0.39 is 23.1 Å². The van der Waals surface area contributed by atoms with Crippen LogP contribution in [-0.4, -0.2) is 20.8 Å². The van der Waals surface area contributed by atoms with Gasteiger partial charge in [-0.25, -0.2) is 9.82 Å². The van der Waals surface area contributed by atoms with E-state index >= 15 is 0 Å². The summed E-state index contributed by atoms with van der Waals surface area (Å²) in [6.45, 7) is 1.79. The van der Waals surface area contributed by atoms with E-state index in [0.29, 0.717) is 28.3 Å². The highest BCUT2D eigenvalue weighted by molar-refractivity contribution is 7.78. The maximum atomic E-state index is 13.4. The predicted octanol–water partition coefficient (Wildman–Crippen LogP) is 3.51. The fourth-order valence-corrected chi connectivity index (χ4v) is 3.34. The number of nitrogens with zero attached hydrogens (tertiary/aromatic N) is 2. The molecule has 0 aliphatic carbocycles. The molecule has 0 saturated heterocycles. The molecule has 1 aromatic heterocycles. The van der Waals surface area contributed by atoms with Gasteiger partial charge in [0.1, 0.15) is 5.75 Å². The molecule has 4 rings (SSSR count). The van der Waals surface area contributed by atoms with Crippen LogP contribution >= 0.6 is 0 Å². The molecule has 0 spiro atoms. The third-order valence-corrected chi connectivity index (χ3v) is 4.68. The molecule has 3 aromatic rings. The minimum absolute atomic E-state index is 0.0522. The molecule has 0 fully saturated rings. The first-order chi connectivity index (χ1) is 13.7. The first-order valence-electron chi connectivity index (χ1n) is 8.26. The van der Waals surface area contributed by atoms with Crippen LogP contribution in [0.2, 0.25) is 0 Å². The topological polar surface area (TPSA) is 88.6 Å². The third-order valence-electron chi connectivity index (χ3n) is 4.32. The van der Waals surface area contributed by atoms with Gasteiger partial charge in [0, 0.05) is 11.1 Å². The zero-order valence-corrected chi connectivity index (χ0v) is 15.7. The molecule has 0 bridgehead atoms. The molecule has 29 heavy (non-hydrogen) atoms. The lowest BCUT2D eigenvalue weighted by Crippen LogP contribution is -2.10. The van der Waals surface area contributed by atoms with E-state index in [1.165, 1.54) is 28.9 Å². The minimum Gasteiger partial charge on any atom is -0.454 e. The van der Waals surface area contributed by atoms with Crippen LogP contribution in [0, 0.1) is 6.92 Å². The van der Waals surface area contributed by atoms with E-state index in [-0.39, 0.29) is 18.2 Å². The second kappa shape index (κ2) is 7.08. The first-order valence-corrected chi connectivity index (χ1v) is 9.39. The Balaban J connectivity index is 1.84. The van der Waals surface area contributed by atoms with Crippen molar-refractivity contribution in [2.45, 2.75) is 13.1 Å². The number of benzene rings is 2. The van der Waals surface area contributed by atoms with Crippen LogP contribution in [0.15, 0.2) is 42.5 Å². The summed E-state index contributed by atoms with van der Waals surface area (Å²) in [5.41, 5.74) is 0.689. The van der Waals surface area contributed by atoms with Gasteiger partial charge in [-0.05, 0) is 49.4 Å². The van der Waals surface area contributed by atoms with Crippen molar-refractivity contribution in [3.05, 3.63) is 53.7 Å². The summed E-state index contributed by atoms with van der Waals surface area (Å²) in [5.74, 6) is 1.22. The average molecular weight is 425 g/mol. The van der Waals surface area contributed by atoms with Gasteiger partial charge in [-0.1, -0.05) is 0 Å². The molecule has 11 heteroatoms. The van der Waals surface area contributed by atoms with Crippen LogP contribution in [0.25, 0.3) is 16.9 Å². The Kier molecular flexibility index (Phi) is 4.71. The molecule has 7 nitrogen and oxygen atoms in total. The maximum Gasteiger partial charge on any atom is 0.435 e. The Bertz CT molecular complexity index is 1100. The van der Waals surface area contributed by atoms with E-state index in [1.807, 2.05) is 0 Å². The highest BCUT2D eigenvalue weighted by atomic mass is 32.2. The molecule has 1 aliphatic rings. The Labute approximate surface area is 165 Å². The molecule has 152 valence electrons. The molecular formula is C18H14F3N3O4S. The number of hydrogen-bond donors (Lipinski definition) is 1. The largest absolute Gasteiger partial charge is 0.454 e. The lowest BCUT2D eigenvalue weighted by molar-refractivity contribution is -0.141. The summed E-state index contributed by atoms with van der Waals surface area (Å²) in [7, 11) is 0. The van der Waals surface area contributed by atoms with Gasteiger partial charge >= 0.3 is 6.18 Å². The van der Waals surface area contributed by atoms with E-state index in [1.54, 1.807) is 19.1 Å². The summed E-state index contributed by atoms with van der Waals surface area (Å²) in [4.78, 5) is 0. The zero-order valence-electron chi connectivity index (χ0n) is 14.9. The number of hydrogen-bond acceptors (Lipinski definition) is 5. The number of ether oxygens (including phenoxy) is 2. The minimum atomic E-state index is -4.62. The van der Waals surface area contributed by atoms with Crippen molar-refractivity contribution < 1.29 is 31.0 Å². The molecule has 1 atom stereocenters. The van der Waals surface area contributed by atoms with Gasteiger partial charge in [-0.3, -0.25) is 0 Å². The molecular weight excluding hydrogens is 411 g/mol. The molecule has 1 unspecified atom stereocenters. The summed E-state index contributed by atoms with van der Waals surface area (Å²) < 4.78 is 67.8. The summed E-state index contributed by atoms with van der Waals surface area (Å²) in [6.07, 6.45) is -4.62. The number of nitrogens with two attached hydrogens (primary N) is 1. The Hall–Kier alpha value is -3.05. The highest BCUT2D eigenvalue weighted by Gasteiger charge is 2.36. The van der Waals surface area contributed by atoms with Crippen LogP contribution in [-0.2, 0) is 17.4 Å². The van der Waals surface area contributed by atoms with Crippen molar-refractivity contribution in [2.24, 2.45) is 5.14 Å². The number of aromatic nitrogens is 2. The number of halogens is 3. The van der Waals surface area contributed by atoms with Crippen molar-refractivity contribution >= 4 is 11.3 Å². The predicted molar refractivity (Wildman–Crippen MR) is 97.8 cm³/mol. The van der Waals surface area contributed by atoms with Crippen molar-refractivity contribution in [3.63, 3.8) is 0 Å². The Morgan fingerprint density at radius 1 is 1.17 bits per heavy atom. The van der Waals surface area contributed by atoms with Gasteiger partial charge in [0.15, 0.2) is 17.2 Å². The van der Waals surface area contributed by atoms with Crippen molar-refractivity contribution in [1.82, 2.24) is 9.78 Å². The molecule has 0 saturated carbocycles. The fourth-order valence-electron chi connectivity index (χ4n) is 3.04. The lowest BCUT2D eigenvalue weighted by Gasteiger charge is -2.12. The summed E-state index contributed by atoms with van der Waals surface area (Å²) in [6, 6.07) is 10.1. The van der Waals surface area contributed by atoms with E-state index in [9.17, 15) is 17.4 Å². The van der Waals surface area contributed by atoms with Gasteiger partial charge in [0.05, 0.1) is 11.4 Å². The summed E-state index contributed by atoms with van der Waals surface area (Å²) in [5, 5.41) is 8.82. The van der Waals surface area contributed by atoms with E-state index in [4.69, 9.17) is 18.8 Å². The fraction of sp³-hybridized carbons (Fsp3) is 0.167. The van der Waals surface area contributed by atoms with E-state index in [2.05, 4.69) is 5.10 Å². The third kappa shape index (κ3) is 3.66. The molecule has 1 aliphatic heterocycles. The summed E-state index contributed by atoms with van der Waals surface area (Å²) >= 11 is -2.01.